The SMILES string of the molecule is CCCCCCCCCCCCCCCCCCCCCCCCCCC(=O)OCCCCCCCCCCCCCCCCC. The summed E-state index contributed by atoms with van der Waals surface area (Å²) in [6.45, 7) is 5.23. The molecule has 0 rings (SSSR count). The Bertz CT molecular complexity index is 544. The first kappa shape index (κ1) is 45.5. The van der Waals surface area contributed by atoms with Crippen molar-refractivity contribution < 1.29 is 9.53 Å². The summed E-state index contributed by atoms with van der Waals surface area (Å²) in [5, 5.41) is 0. The van der Waals surface area contributed by atoms with E-state index >= 15 is 0 Å². The fourth-order valence-electron chi connectivity index (χ4n) is 6.96. The molecule has 0 saturated heterocycles. The second-order valence-electron chi connectivity index (χ2n) is 15.1. The molecule has 0 radical (unpaired) electrons. The number of hydrogen-bond acceptors (Lipinski definition) is 2. The van der Waals surface area contributed by atoms with Gasteiger partial charge < -0.3 is 4.74 Å². The Balaban J connectivity index is 3.13. The van der Waals surface area contributed by atoms with E-state index in [1.807, 2.05) is 0 Å². The molecule has 0 aliphatic heterocycles. The highest BCUT2D eigenvalue weighted by Crippen LogP contribution is 2.17. The van der Waals surface area contributed by atoms with Gasteiger partial charge in [0.1, 0.15) is 0 Å². The molecule has 0 aliphatic rings. The topological polar surface area (TPSA) is 26.3 Å². The normalized spacial score (nSPS) is 11.4. The van der Waals surface area contributed by atoms with E-state index in [0.717, 1.165) is 12.8 Å². The molecule has 0 bridgehead atoms. The Hall–Kier alpha value is -0.530. The number of rotatable bonds is 41. The maximum atomic E-state index is 12.0. The number of esters is 1. The zero-order valence-corrected chi connectivity index (χ0v) is 32.3. The van der Waals surface area contributed by atoms with Crippen molar-refractivity contribution >= 4 is 5.97 Å². The summed E-state index contributed by atoms with van der Waals surface area (Å²) in [4.78, 5) is 12.0. The highest BCUT2D eigenvalue weighted by molar-refractivity contribution is 5.69. The summed E-state index contributed by atoms with van der Waals surface area (Å²) in [6.07, 6.45) is 54.9. The van der Waals surface area contributed by atoms with E-state index in [-0.39, 0.29) is 5.97 Å². The van der Waals surface area contributed by atoms with Crippen LogP contribution in [-0.4, -0.2) is 12.6 Å². The molecule has 0 spiro atoms. The van der Waals surface area contributed by atoms with E-state index < -0.39 is 0 Å². The molecular formula is C44H88O2. The fraction of sp³-hybridized carbons (Fsp3) is 0.977. The maximum absolute atomic E-state index is 12.0. The third-order valence-corrected chi connectivity index (χ3v) is 10.2. The summed E-state index contributed by atoms with van der Waals surface area (Å²) in [5.41, 5.74) is 0. The van der Waals surface area contributed by atoms with Crippen LogP contribution in [0, 0.1) is 0 Å². The molecule has 0 aromatic carbocycles. The van der Waals surface area contributed by atoms with Gasteiger partial charge >= 0.3 is 5.97 Å². The zero-order chi connectivity index (χ0) is 33.3. The van der Waals surface area contributed by atoms with Crippen molar-refractivity contribution in [1.29, 1.82) is 0 Å². The maximum Gasteiger partial charge on any atom is 0.305 e. The molecule has 0 heterocycles. The lowest BCUT2D eigenvalue weighted by atomic mass is 10.0. The van der Waals surface area contributed by atoms with Gasteiger partial charge in [0.25, 0.3) is 0 Å². The van der Waals surface area contributed by atoms with Crippen LogP contribution >= 0.6 is 0 Å². The monoisotopic (exact) mass is 649 g/mol. The summed E-state index contributed by atoms with van der Waals surface area (Å²) in [6, 6.07) is 0. The predicted octanol–water partition coefficient (Wildman–Crippen LogP) is 16.2. The number of carbonyl (C=O) groups is 1. The molecule has 0 unspecified atom stereocenters. The van der Waals surface area contributed by atoms with Gasteiger partial charge in [-0.3, -0.25) is 4.79 Å². The Morgan fingerprint density at radius 2 is 0.478 bits per heavy atom. The molecule has 0 saturated carbocycles. The summed E-state index contributed by atoms with van der Waals surface area (Å²) >= 11 is 0. The summed E-state index contributed by atoms with van der Waals surface area (Å²) in [5.74, 6) is 0.0316. The van der Waals surface area contributed by atoms with E-state index in [1.54, 1.807) is 0 Å². The van der Waals surface area contributed by atoms with Crippen molar-refractivity contribution in [2.75, 3.05) is 6.61 Å². The minimum Gasteiger partial charge on any atom is -0.466 e. The minimum atomic E-state index is 0.0316. The molecule has 0 aromatic heterocycles. The lowest BCUT2D eigenvalue weighted by Gasteiger charge is -2.06. The fourth-order valence-corrected chi connectivity index (χ4v) is 6.96. The van der Waals surface area contributed by atoms with E-state index in [0.29, 0.717) is 13.0 Å². The van der Waals surface area contributed by atoms with Gasteiger partial charge in [-0.25, -0.2) is 0 Å². The zero-order valence-electron chi connectivity index (χ0n) is 32.3. The van der Waals surface area contributed by atoms with E-state index in [4.69, 9.17) is 4.74 Å². The van der Waals surface area contributed by atoms with Gasteiger partial charge in [0.05, 0.1) is 6.61 Å². The second-order valence-corrected chi connectivity index (χ2v) is 15.1. The van der Waals surface area contributed by atoms with E-state index in [9.17, 15) is 4.79 Å². The van der Waals surface area contributed by atoms with Crippen LogP contribution in [0.5, 0.6) is 0 Å². The highest BCUT2D eigenvalue weighted by atomic mass is 16.5. The van der Waals surface area contributed by atoms with Gasteiger partial charge in [-0.2, -0.15) is 0 Å². The largest absolute Gasteiger partial charge is 0.466 e. The molecule has 0 atom stereocenters. The van der Waals surface area contributed by atoms with Crippen LogP contribution in [0.3, 0.4) is 0 Å². The lowest BCUT2D eigenvalue weighted by molar-refractivity contribution is -0.143. The predicted molar refractivity (Wildman–Crippen MR) is 207 cm³/mol. The Kier molecular flexibility index (Phi) is 42.0. The van der Waals surface area contributed by atoms with Crippen LogP contribution in [-0.2, 0) is 9.53 Å². The number of hydrogen-bond donors (Lipinski definition) is 0. The average molecular weight is 649 g/mol. The van der Waals surface area contributed by atoms with Gasteiger partial charge in [0, 0.05) is 6.42 Å². The Labute approximate surface area is 292 Å². The quantitative estimate of drug-likeness (QED) is 0.0487. The highest BCUT2D eigenvalue weighted by Gasteiger charge is 2.03. The smallest absolute Gasteiger partial charge is 0.305 e. The van der Waals surface area contributed by atoms with Gasteiger partial charge in [-0.05, 0) is 12.8 Å². The summed E-state index contributed by atoms with van der Waals surface area (Å²) in [7, 11) is 0. The van der Waals surface area contributed by atoms with E-state index in [1.165, 1.54) is 238 Å². The third-order valence-electron chi connectivity index (χ3n) is 10.2. The number of carbonyl (C=O) groups excluding carboxylic acids is 1. The van der Waals surface area contributed by atoms with Crippen LogP contribution in [0.1, 0.15) is 271 Å². The van der Waals surface area contributed by atoms with Crippen LogP contribution < -0.4 is 0 Å². The van der Waals surface area contributed by atoms with Crippen molar-refractivity contribution in [2.45, 2.75) is 271 Å². The van der Waals surface area contributed by atoms with Gasteiger partial charge in [0.2, 0.25) is 0 Å². The van der Waals surface area contributed by atoms with Crippen molar-refractivity contribution in [2.24, 2.45) is 0 Å². The molecule has 2 nitrogen and oxygen atoms in total. The van der Waals surface area contributed by atoms with Gasteiger partial charge in [-0.15, -0.1) is 0 Å². The Morgan fingerprint density at radius 3 is 0.717 bits per heavy atom. The number of ether oxygens (including phenoxy) is 1. The van der Waals surface area contributed by atoms with Crippen molar-refractivity contribution in [3.63, 3.8) is 0 Å². The van der Waals surface area contributed by atoms with Gasteiger partial charge in [-0.1, -0.05) is 251 Å². The van der Waals surface area contributed by atoms with Crippen LogP contribution in [0.4, 0.5) is 0 Å². The first-order valence-corrected chi connectivity index (χ1v) is 22.0. The first-order valence-electron chi connectivity index (χ1n) is 22.0. The standard InChI is InChI=1S/C44H88O2/c1-3-5-7-9-11-13-15-17-19-20-21-22-23-24-25-26-27-28-30-32-34-36-38-40-42-44(45)46-43-41-39-37-35-33-31-29-18-16-14-12-10-8-6-4-2/h3-43H2,1-2H3. The second kappa shape index (κ2) is 42.5. The van der Waals surface area contributed by atoms with Crippen molar-refractivity contribution in [1.82, 2.24) is 0 Å². The lowest BCUT2D eigenvalue weighted by Crippen LogP contribution is -2.05. The molecule has 0 aromatic rings. The third kappa shape index (κ3) is 41.5. The average Bonchev–Trinajstić information content (AvgIpc) is 3.06. The molecule has 276 valence electrons. The minimum absolute atomic E-state index is 0.0316. The number of unbranched alkanes of at least 4 members (excludes halogenated alkanes) is 37. The summed E-state index contributed by atoms with van der Waals surface area (Å²) < 4.78 is 5.47. The van der Waals surface area contributed by atoms with Crippen molar-refractivity contribution in [3.05, 3.63) is 0 Å². The molecule has 46 heavy (non-hydrogen) atoms. The van der Waals surface area contributed by atoms with Crippen molar-refractivity contribution in [3.8, 4) is 0 Å². The van der Waals surface area contributed by atoms with Crippen LogP contribution in [0.2, 0.25) is 0 Å². The molecular weight excluding hydrogens is 560 g/mol. The molecule has 0 aliphatic carbocycles. The Morgan fingerprint density at radius 1 is 0.283 bits per heavy atom. The van der Waals surface area contributed by atoms with Crippen LogP contribution in [0.15, 0.2) is 0 Å². The first-order chi connectivity index (χ1) is 22.8. The molecule has 0 amide bonds. The molecule has 2 heteroatoms. The molecule has 0 N–H and O–H groups in total. The van der Waals surface area contributed by atoms with Crippen LogP contribution in [0.25, 0.3) is 0 Å². The van der Waals surface area contributed by atoms with Gasteiger partial charge in [0.15, 0.2) is 0 Å². The molecule has 0 fully saturated rings. The van der Waals surface area contributed by atoms with E-state index in [2.05, 4.69) is 13.8 Å².